The molecule has 6 rings (SSSR count). The van der Waals surface area contributed by atoms with Crippen LogP contribution in [0.4, 0.5) is 0 Å². The molecule has 17 heteroatoms. The molecule has 2 N–H and O–H groups in total. The Morgan fingerprint density at radius 3 is 1.29 bits per heavy atom. The molecule has 2 aromatic heterocycles. The van der Waals surface area contributed by atoms with Crippen LogP contribution in [0.5, 0.6) is 0 Å². The van der Waals surface area contributed by atoms with Crippen LogP contribution >= 0.6 is 0 Å². The smallest absolute Gasteiger partial charge is 0.677 e. The van der Waals surface area contributed by atoms with Gasteiger partial charge in [0.25, 0.3) is 0 Å². The third-order valence-electron chi connectivity index (χ3n) is 4.99. The maximum absolute atomic E-state index is 11.1. The second kappa shape index (κ2) is 15.2. The fourth-order valence-electron chi connectivity index (χ4n) is 3.19. The summed E-state index contributed by atoms with van der Waals surface area (Å²) in [4.78, 5) is 37.1. The summed E-state index contributed by atoms with van der Waals surface area (Å²) in [6.45, 7) is 0.803. The van der Waals surface area contributed by atoms with Gasteiger partial charge < -0.3 is 50.4 Å². The second-order valence-electron chi connectivity index (χ2n) is 7.76. The molecule has 0 saturated carbocycles. The molecule has 0 saturated heterocycles. The molecule has 4 aromatic rings. The van der Waals surface area contributed by atoms with Gasteiger partial charge in [-0.25, -0.2) is 16.8 Å². The zero-order chi connectivity index (χ0) is 29.2. The molecule has 221 valence electrons. The largest absolute Gasteiger partial charge is 2.00 e. The number of carbonyl (C=O) groups is 2. The van der Waals surface area contributed by atoms with E-state index < -0.39 is 31.9 Å². The Hall–Kier alpha value is -3.86. The monoisotopic (exact) mass is 645 g/mol. The Labute approximate surface area is 247 Å². The third-order valence-corrected chi connectivity index (χ3v) is 7.62. The Morgan fingerprint density at radius 2 is 1.00 bits per heavy atom. The van der Waals surface area contributed by atoms with Gasteiger partial charge in [0.2, 0.25) is 0 Å². The molecule has 0 bridgehead atoms. The van der Waals surface area contributed by atoms with Crippen LogP contribution in [0.2, 0.25) is 0 Å². The van der Waals surface area contributed by atoms with Crippen molar-refractivity contribution in [2.45, 2.75) is 22.6 Å². The fraction of sp³-hybridized carbons (Fsp3) is 0.167. The zero-order valence-electron chi connectivity index (χ0n) is 21.0. The van der Waals surface area contributed by atoms with Gasteiger partial charge in [0, 0.05) is 11.1 Å². The van der Waals surface area contributed by atoms with Gasteiger partial charge >= 0.3 is 17.1 Å². The summed E-state index contributed by atoms with van der Waals surface area (Å²) in [5, 5.41) is 0. The summed E-state index contributed by atoms with van der Waals surface area (Å²) in [6.07, 6.45) is 7.83. The number of rotatable bonds is 4. The molecule has 0 atom stereocenters. The molecule has 14 nitrogen and oxygen atoms in total. The van der Waals surface area contributed by atoms with Gasteiger partial charge in [-0.1, -0.05) is 85.7 Å². The first-order chi connectivity index (χ1) is 19.1. The average Bonchev–Trinajstić information content (AvgIpc) is 3.71. The van der Waals surface area contributed by atoms with Crippen molar-refractivity contribution in [2.75, 3.05) is 13.1 Å². The molecule has 41 heavy (non-hydrogen) atoms. The summed E-state index contributed by atoms with van der Waals surface area (Å²) in [7, 11) is -7.36. The van der Waals surface area contributed by atoms with Crippen LogP contribution in [-0.4, -0.2) is 51.7 Å². The number of amides is 2. The van der Waals surface area contributed by atoms with Crippen molar-refractivity contribution in [2.24, 2.45) is 0 Å². The number of benzene rings is 2. The molecule has 0 fully saturated rings. The van der Waals surface area contributed by atoms with Gasteiger partial charge in [-0.2, -0.15) is 0 Å². The molecule has 4 heterocycles. The normalized spacial score (nSPS) is 14.6. The third kappa shape index (κ3) is 9.07. The molecule has 2 aliphatic heterocycles. The first-order valence-electron chi connectivity index (χ1n) is 11.4. The van der Waals surface area contributed by atoms with Crippen LogP contribution in [0.25, 0.3) is 20.9 Å². The summed E-state index contributed by atoms with van der Waals surface area (Å²) < 4.78 is 50.3. The van der Waals surface area contributed by atoms with E-state index in [2.05, 4.69) is 29.4 Å². The Morgan fingerprint density at radius 1 is 0.634 bits per heavy atom. The van der Waals surface area contributed by atoms with Gasteiger partial charge in [0.15, 0.2) is 0 Å². The van der Waals surface area contributed by atoms with Crippen LogP contribution in [0, 0.1) is 0 Å². The second-order valence-corrected chi connectivity index (χ2v) is 10.9. The zero-order valence-corrected chi connectivity index (χ0v) is 23.6. The van der Waals surface area contributed by atoms with Crippen molar-refractivity contribution in [3.8, 4) is 0 Å². The first-order valence-corrected chi connectivity index (χ1v) is 14.3. The molecular formula is C24H22CuN8O6S2-4. The van der Waals surface area contributed by atoms with Crippen LogP contribution < -0.4 is 9.97 Å². The standard InChI is InChI=1S/2C7H5NO3S.2C5H7N3.Cu/c2*9-7-5-3-1-2-4-6(5)12(10,11)8-7;2*6-2-1-5-3-7-4-8-5;/h2*1-4H,(H,8,9);2*3-4,6H,1-2H2;/q;;2*-2;+2/p-2. The molecule has 1 radical (unpaired) electrons. The molecule has 2 aromatic carbocycles. The van der Waals surface area contributed by atoms with Crippen LogP contribution in [0.1, 0.15) is 32.1 Å². The molecule has 2 aliphatic rings. The van der Waals surface area contributed by atoms with Crippen molar-refractivity contribution < 1.29 is 43.5 Å². The summed E-state index contributed by atoms with van der Waals surface area (Å²) in [5.74, 6) is -1.35. The van der Waals surface area contributed by atoms with Crippen LogP contribution in [-0.2, 0) is 50.0 Å². The van der Waals surface area contributed by atoms with Gasteiger partial charge in [-0.05, 0) is 12.1 Å². The molecule has 0 spiro atoms. The number of imidazole rings is 2. The van der Waals surface area contributed by atoms with Gasteiger partial charge in [-0.3, -0.25) is 0 Å². The fourth-order valence-corrected chi connectivity index (χ4v) is 5.38. The minimum atomic E-state index is -3.68. The van der Waals surface area contributed by atoms with Crippen molar-refractivity contribution in [3.05, 3.63) is 117 Å². The Balaban J connectivity index is 0.000000193. The predicted molar refractivity (Wildman–Crippen MR) is 144 cm³/mol. The van der Waals surface area contributed by atoms with E-state index in [1.54, 1.807) is 36.7 Å². The van der Waals surface area contributed by atoms with Crippen molar-refractivity contribution in [1.29, 1.82) is 0 Å². The number of hydrogen-bond acceptors (Lipinski definition) is 8. The molecule has 2 amide bonds. The quantitative estimate of drug-likeness (QED) is 0.294. The topological polar surface area (TPSA) is 232 Å². The van der Waals surface area contributed by atoms with E-state index in [9.17, 15) is 26.4 Å². The van der Waals surface area contributed by atoms with Crippen molar-refractivity contribution in [1.82, 2.24) is 19.9 Å². The number of fused-ring (bicyclic) bond motifs is 2. The predicted octanol–water partition coefficient (Wildman–Crippen LogP) is 3.07. The first kappa shape index (κ1) is 33.3. The van der Waals surface area contributed by atoms with E-state index in [-0.39, 0.29) is 38.0 Å². The summed E-state index contributed by atoms with van der Waals surface area (Å²) in [6, 6.07) is 12.0. The minimum Gasteiger partial charge on any atom is -0.677 e. The number of sulfonamides is 2. The number of carbonyl (C=O) groups excluding carboxylic acids is 2. The Bertz CT molecular complexity index is 1520. The summed E-state index contributed by atoms with van der Waals surface area (Å²) >= 11 is 0. The minimum absolute atomic E-state index is 0. The van der Waals surface area contributed by atoms with E-state index >= 15 is 0 Å². The van der Waals surface area contributed by atoms with Crippen molar-refractivity contribution >= 4 is 31.9 Å². The molecule has 0 aliphatic carbocycles. The number of hydrogen-bond donors (Lipinski definition) is 0. The van der Waals surface area contributed by atoms with Gasteiger partial charge in [0.05, 0.1) is 21.6 Å². The van der Waals surface area contributed by atoms with E-state index in [1.807, 2.05) is 0 Å². The summed E-state index contributed by atoms with van der Waals surface area (Å²) in [5.41, 5.74) is 15.8. The average molecular weight is 646 g/mol. The number of nitrogens with one attached hydrogen (secondary N) is 2. The van der Waals surface area contributed by atoms with Crippen LogP contribution in [0.15, 0.2) is 83.4 Å². The van der Waals surface area contributed by atoms with Gasteiger partial charge in [0.1, 0.15) is 20.0 Å². The van der Waals surface area contributed by atoms with Gasteiger partial charge in [-0.15, -0.1) is 13.1 Å². The molecule has 0 unspecified atom stereocenters. The number of aromatic nitrogens is 4. The maximum atomic E-state index is 11.1. The van der Waals surface area contributed by atoms with Crippen molar-refractivity contribution in [3.63, 3.8) is 0 Å². The maximum Gasteiger partial charge on any atom is 2.00 e. The van der Waals surface area contributed by atoms with E-state index in [1.165, 1.54) is 36.9 Å². The SMILES string of the molecule is O=C1[N-]S(=O)(=O)c2ccccc21.O=C1[N-]S(=O)(=O)c2ccccc21.[Cu+2].[NH-]CCc1cnc[n-]1.[NH-]CCc1cnc[n-]1. The van der Waals surface area contributed by atoms with E-state index in [0.717, 1.165) is 24.2 Å². The van der Waals surface area contributed by atoms with E-state index in [4.69, 9.17) is 11.5 Å². The molecular weight excluding hydrogens is 624 g/mol. The number of nitrogens with zero attached hydrogens (tertiary/aromatic N) is 6. The van der Waals surface area contributed by atoms with E-state index in [0.29, 0.717) is 13.1 Å². The van der Waals surface area contributed by atoms with Crippen LogP contribution in [0.3, 0.4) is 0 Å². The Kier molecular flexibility index (Phi) is 12.4.